The maximum atomic E-state index is 13.4. The number of hydrogen-bond donors (Lipinski definition) is 1. The summed E-state index contributed by atoms with van der Waals surface area (Å²) in [5.74, 6) is -0.353. The molecule has 2 aromatic carbocycles. The molecule has 0 radical (unpaired) electrons. The fraction of sp³-hybridized carbons (Fsp3) is 0.348. The molecular weight excluding hydrogens is 455 g/mol. The lowest BCUT2D eigenvalue weighted by Gasteiger charge is -2.23. The normalized spacial score (nSPS) is 14.4. The molecule has 2 aromatic rings. The van der Waals surface area contributed by atoms with E-state index in [1.54, 1.807) is 0 Å². The van der Waals surface area contributed by atoms with Gasteiger partial charge in [-0.3, -0.25) is 4.79 Å². The number of allylic oxidation sites excluding steroid dienone is 1. The highest BCUT2D eigenvalue weighted by Crippen LogP contribution is 2.28. The number of nitrogens with zero attached hydrogens (tertiary/aromatic N) is 1. The first-order valence-electron chi connectivity index (χ1n) is 10.3. The van der Waals surface area contributed by atoms with Gasteiger partial charge in [-0.05, 0) is 55.9 Å². The van der Waals surface area contributed by atoms with Crippen LogP contribution in [-0.2, 0) is 21.4 Å². The van der Waals surface area contributed by atoms with Crippen LogP contribution >= 0.6 is 23.2 Å². The van der Waals surface area contributed by atoms with Crippen molar-refractivity contribution in [3.8, 4) is 0 Å². The number of carbonyl (C=O) groups excluding carboxylic acids is 1. The van der Waals surface area contributed by atoms with Crippen molar-refractivity contribution < 1.29 is 13.2 Å². The Kier molecular flexibility index (Phi) is 8.55. The number of hydrogen-bond acceptors (Lipinski definition) is 3. The van der Waals surface area contributed by atoms with E-state index in [1.807, 2.05) is 30.3 Å². The van der Waals surface area contributed by atoms with Gasteiger partial charge >= 0.3 is 0 Å². The van der Waals surface area contributed by atoms with Crippen LogP contribution in [0, 0.1) is 0 Å². The number of rotatable bonds is 9. The summed E-state index contributed by atoms with van der Waals surface area (Å²) < 4.78 is 27.9. The molecule has 0 aliphatic heterocycles. The summed E-state index contributed by atoms with van der Waals surface area (Å²) in [6.45, 7) is 0.228. The molecule has 0 aromatic heterocycles. The minimum absolute atomic E-state index is 0.0462. The average molecular weight is 481 g/mol. The van der Waals surface area contributed by atoms with E-state index >= 15 is 0 Å². The molecule has 0 saturated carbocycles. The lowest BCUT2D eigenvalue weighted by molar-refractivity contribution is -0.121. The number of halogens is 2. The molecule has 8 heteroatoms. The molecular formula is C23H26Cl2N2O3S. The van der Waals surface area contributed by atoms with E-state index < -0.39 is 10.0 Å². The van der Waals surface area contributed by atoms with Gasteiger partial charge in [0.2, 0.25) is 15.9 Å². The second-order valence-electron chi connectivity index (χ2n) is 7.54. The summed E-state index contributed by atoms with van der Waals surface area (Å²) >= 11 is 12.2. The van der Waals surface area contributed by atoms with Gasteiger partial charge in [0.1, 0.15) is 4.90 Å². The van der Waals surface area contributed by atoms with E-state index in [9.17, 15) is 13.2 Å². The van der Waals surface area contributed by atoms with Gasteiger partial charge in [-0.25, -0.2) is 8.42 Å². The Hall–Kier alpha value is -1.86. The third kappa shape index (κ3) is 6.81. The molecule has 0 spiro atoms. The summed E-state index contributed by atoms with van der Waals surface area (Å²) in [6.07, 6.45) is 7.59. The van der Waals surface area contributed by atoms with Crippen molar-refractivity contribution in [3.63, 3.8) is 0 Å². The van der Waals surface area contributed by atoms with Gasteiger partial charge in [0.25, 0.3) is 0 Å². The zero-order valence-corrected chi connectivity index (χ0v) is 19.5. The minimum Gasteiger partial charge on any atom is -0.355 e. The molecule has 31 heavy (non-hydrogen) atoms. The van der Waals surface area contributed by atoms with Crippen LogP contribution in [0.1, 0.15) is 37.7 Å². The molecule has 1 amide bonds. The molecule has 1 aliphatic carbocycles. The highest BCUT2D eigenvalue weighted by molar-refractivity contribution is 7.89. The molecule has 166 valence electrons. The van der Waals surface area contributed by atoms with E-state index in [4.69, 9.17) is 23.2 Å². The van der Waals surface area contributed by atoms with Gasteiger partial charge in [0.15, 0.2) is 0 Å². The van der Waals surface area contributed by atoms with Crippen LogP contribution in [0.4, 0.5) is 0 Å². The first-order chi connectivity index (χ1) is 14.9. The summed E-state index contributed by atoms with van der Waals surface area (Å²) in [4.78, 5) is 12.5. The number of amides is 1. The SMILES string of the molecule is O=C(CN(Cc1ccccc1)S(=O)(=O)c1cc(Cl)ccc1Cl)NCCC1=CCCCC1. The fourth-order valence-electron chi connectivity index (χ4n) is 3.54. The van der Waals surface area contributed by atoms with E-state index in [1.165, 1.54) is 36.6 Å². The topological polar surface area (TPSA) is 66.5 Å². The highest BCUT2D eigenvalue weighted by Gasteiger charge is 2.29. The predicted octanol–water partition coefficient (Wildman–Crippen LogP) is 5.19. The first kappa shape index (κ1) is 23.8. The summed E-state index contributed by atoms with van der Waals surface area (Å²) in [6, 6.07) is 13.4. The van der Waals surface area contributed by atoms with Gasteiger partial charge in [-0.15, -0.1) is 0 Å². The molecule has 0 heterocycles. The van der Waals surface area contributed by atoms with E-state index in [0.29, 0.717) is 6.54 Å². The molecule has 3 rings (SSSR count). The molecule has 0 atom stereocenters. The Bertz CT molecular complexity index is 1040. The van der Waals surface area contributed by atoms with Crippen LogP contribution in [-0.4, -0.2) is 31.7 Å². The second kappa shape index (κ2) is 11.1. The smallest absolute Gasteiger partial charge is 0.245 e. The van der Waals surface area contributed by atoms with Crippen LogP contribution in [0.15, 0.2) is 65.1 Å². The average Bonchev–Trinajstić information content (AvgIpc) is 2.76. The molecule has 5 nitrogen and oxygen atoms in total. The second-order valence-corrected chi connectivity index (χ2v) is 10.3. The molecule has 1 N–H and O–H groups in total. The molecule has 0 unspecified atom stereocenters. The van der Waals surface area contributed by atoms with Crippen LogP contribution in [0.25, 0.3) is 0 Å². The van der Waals surface area contributed by atoms with Gasteiger partial charge in [0, 0.05) is 18.1 Å². The number of carbonyl (C=O) groups is 1. The van der Waals surface area contributed by atoms with Crippen LogP contribution in [0.3, 0.4) is 0 Å². The first-order valence-corrected chi connectivity index (χ1v) is 12.5. The Morgan fingerprint density at radius 1 is 1.06 bits per heavy atom. The highest BCUT2D eigenvalue weighted by atomic mass is 35.5. The van der Waals surface area contributed by atoms with Crippen LogP contribution < -0.4 is 5.32 Å². The van der Waals surface area contributed by atoms with Gasteiger partial charge in [-0.1, -0.05) is 65.2 Å². The zero-order valence-electron chi connectivity index (χ0n) is 17.2. The van der Waals surface area contributed by atoms with Gasteiger partial charge in [-0.2, -0.15) is 4.31 Å². The van der Waals surface area contributed by atoms with Crippen molar-refractivity contribution >= 4 is 39.1 Å². The van der Waals surface area contributed by atoms with E-state index in [0.717, 1.165) is 29.1 Å². The largest absolute Gasteiger partial charge is 0.355 e. The standard InChI is InChI=1S/C23H26Cl2N2O3S/c24-20-11-12-21(25)22(15-20)31(29,30)27(16-19-9-5-2-6-10-19)17-23(28)26-14-13-18-7-3-1-4-8-18/h2,5-7,9-12,15H,1,3-4,8,13-14,16-17H2,(H,26,28). The molecule has 0 fully saturated rings. The van der Waals surface area contributed by atoms with E-state index in [2.05, 4.69) is 11.4 Å². The Labute approximate surface area is 194 Å². The number of benzene rings is 2. The lowest BCUT2D eigenvalue weighted by atomic mass is 9.97. The monoisotopic (exact) mass is 480 g/mol. The quantitative estimate of drug-likeness (QED) is 0.502. The Morgan fingerprint density at radius 2 is 1.84 bits per heavy atom. The predicted molar refractivity (Wildman–Crippen MR) is 125 cm³/mol. The van der Waals surface area contributed by atoms with Crippen molar-refractivity contribution in [3.05, 3.63) is 75.8 Å². The van der Waals surface area contributed by atoms with Gasteiger partial charge < -0.3 is 5.32 Å². The van der Waals surface area contributed by atoms with Crippen molar-refractivity contribution in [2.24, 2.45) is 0 Å². The number of nitrogens with one attached hydrogen (secondary N) is 1. The van der Waals surface area contributed by atoms with Crippen molar-refractivity contribution in [2.45, 2.75) is 43.5 Å². The van der Waals surface area contributed by atoms with Crippen molar-refractivity contribution in [2.75, 3.05) is 13.1 Å². The third-order valence-electron chi connectivity index (χ3n) is 5.19. The molecule has 0 bridgehead atoms. The number of sulfonamides is 1. The maximum absolute atomic E-state index is 13.4. The lowest BCUT2D eigenvalue weighted by Crippen LogP contribution is -2.40. The summed E-state index contributed by atoms with van der Waals surface area (Å²) in [5, 5.41) is 3.17. The minimum atomic E-state index is -4.05. The van der Waals surface area contributed by atoms with Crippen LogP contribution in [0.5, 0.6) is 0 Å². The fourth-order valence-corrected chi connectivity index (χ4v) is 5.66. The van der Waals surface area contributed by atoms with E-state index in [-0.39, 0.29) is 33.9 Å². The van der Waals surface area contributed by atoms with Crippen molar-refractivity contribution in [1.29, 1.82) is 0 Å². The molecule has 0 saturated heterocycles. The Balaban J connectivity index is 1.75. The maximum Gasteiger partial charge on any atom is 0.245 e. The van der Waals surface area contributed by atoms with Gasteiger partial charge in [0.05, 0.1) is 11.6 Å². The van der Waals surface area contributed by atoms with Crippen molar-refractivity contribution in [1.82, 2.24) is 9.62 Å². The third-order valence-corrected chi connectivity index (χ3v) is 7.69. The van der Waals surface area contributed by atoms with Crippen LogP contribution in [0.2, 0.25) is 10.0 Å². The summed E-state index contributed by atoms with van der Waals surface area (Å²) in [5.41, 5.74) is 2.12. The summed E-state index contributed by atoms with van der Waals surface area (Å²) in [7, 11) is -4.05. The zero-order chi connectivity index (χ0) is 22.3. The molecule has 1 aliphatic rings. The Morgan fingerprint density at radius 3 is 2.55 bits per heavy atom.